The van der Waals surface area contributed by atoms with Gasteiger partial charge < -0.3 is 15.2 Å². The third kappa shape index (κ3) is 2.78. The van der Waals surface area contributed by atoms with E-state index in [1.165, 1.54) is 7.11 Å². The summed E-state index contributed by atoms with van der Waals surface area (Å²) >= 11 is 0. The van der Waals surface area contributed by atoms with Gasteiger partial charge in [0.05, 0.1) is 7.11 Å². The molecule has 5 nitrogen and oxygen atoms in total. The molecule has 0 amide bonds. The number of rotatable bonds is 2. The maximum Gasteiger partial charge on any atom is 0.339 e. The molecule has 2 aliphatic rings. The number of ether oxygens (including phenoxy) is 1. The van der Waals surface area contributed by atoms with Crippen LogP contribution in [0, 0.1) is 0 Å². The standard InChI is InChI=1S/C12H22N2O3/c1-17-11(15)12(16)5-2-8-14(9-12)10-3-6-13-7-4-10/h10,13,16H,2-9H2,1H3. The fraction of sp³-hybridized carbons (Fsp3) is 0.917. The van der Waals surface area contributed by atoms with E-state index in [-0.39, 0.29) is 0 Å². The minimum atomic E-state index is -1.29. The second-order valence-corrected chi connectivity index (χ2v) is 5.08. The predicted octanol–water partition coefficient (Wildman–Crippen LogP) is -0.262. The number of aliphatic hydroxyl groups is 1. The lowest BCUT2D eigenvalue weighted by molar-refractivity contribution is -0.169. The maximum atomic E-state index is 11.6. The van der Waals surface area contributed by atoms with Crippen LogP contribution in [0.2, 0.25) is 0 Å². The Morgan fingerprint density at radius 1 is 1.47 bits per heavy atom. The zero-order valence-corrected chi connectivity index (χ0v) is 10.4. The highest BCUT2D eigenvalue weighted by atomic mass is 16.5. The summed E-state index contributed by atoms with van der Waals surface area (Å²) in [7, 11) is 1.34. The highest BCUT2D eigenvalue weighted by Gasteiger charge is 2.42. The van der Waals surface area contributed by atoms with Gasteiger partial charge in [-0.25, -0.2) is 4.79 Å². The van der Waals surface area contributed by atoms with E-state index in [1.54, 1.807) is 0 Å². The molecular weight excluding hydrogens is 220 g/mol. The molecule has 2 aliphatic heterocycles. The van der Waals surface area contributed by atoms with Crippen LogP contribution in [0.4, 0.5) is 0 Å². The van der Waals surface area contributed by atoms with Crippen molar-refractivity contribution >= 4 is 5.97 Å². The molecular formula is C12H22N2O3. The van der Waals surface area contributed by atoms with E-state index >= 15 is 0 Å². The van der Waals surface area contributed by atoms with Gasteiger partial charge in [0.2, 0.25) is 0 Å². The van der Waals surface area contributed by atoms with E-state index in [0.29, 0.717) is 19.0 Å². The zero-order chi connectivity index (χ0) is 12.3. The number of β-amino-alcohol motifs (C(OH)–C–C–N with tert-alkyl or cyclic N) is 1. The van der Waals surface area contributed by atoms with Gasteiger partial charge in [0, 0.05) is 12.6 Å². The third-order valence-electron chi connectivity index (χ3n) is 3.89. The van der Waals surface area contributed by atoms with Gasteiger partial charge in [0.15, 0.2) is 5.60 Å². The van der Waals surface area contributed by atoms with Crippen LogP contribution in [0.1, 0.15) is 25.7 Å². The number of nitrogens with one attached hydrogen (secondary N) is 1. The van der Waals surface area contributed by atoms with Crippen LogP contribution >= 0.6 is 0 Å². The predicted molar refractivity (Wildman–Crippen MR) is 63.7 cm³/mol. The van der Waals surface area contributed by atoms with Crippen molar-refractivity contribution in [3.8, 4) is 0 Å². The first-order chi connectivity index (χ1) is 8.15. The van der Waals surface area contributed by atoms with Crippen LogP contribution in [0.25, 0.3) is 0 Å². The molecule has 0 aromatic carbocycles. The molecule has 0 radical (unpaired) electrons. The molecule has 0 bridgehead atoms. The highest BCUT2D eigenvalue weighted by molar-refractivity contribution is 5.79. The molecule has 17 heavy (non-hydrogen) atoms. The number of carbonyl (C=O) groups excluding carboxylic acids is 1. The molecule has 5 heteroatoms. The number of carbonyl (C=O) groups is 1. The summed E-state index contributed by atoms with van der Waals surface area (Å²) < 4.78 is 4.70. The SMILES string of the molecule is COC(=O)C1(O)CCCN(C2CCNCC2)C1. The number of hydrogen-bond acceptors (Lipinski definition) is 5. The van der Waals surface area contributed by atoms with Crippen molar-refractivity contribution in [3.05, 3.63) is 0 Å². The average Bonchev–Trinajstić information content (AvgIpc) is 2.39. The fourth-order valence-electron chi connectivity index (χ4n) is 2.91. The van der Waals surface area contributed by atoms with Crippen LogP contribution < -0.4 is 5.32 Å². The lowest BCUT2D eigenvalue weighted by Gasteiger charge is -2.42. The topological polar surface area (TPSA) is 61.8 Å². The Bertz CT molecular complexity index is 279. The van der Waals surface area contributed by atoms with Gasteiger partial charge in [-0.05, 0) is 45.3 Å². The van der Waals surface area contributed by atoms with E-state index in [4.69, 9.17) is 4.74 Å². The van der Waals surface area contributed by atoms with Crippen molar-refractivity contribution in [3.63, 3.8) is 0 Å². The summed E-state index contributed by atoms with van der Waals surface area (Å²) in [6.45, 7) is 3.45. The zero-order valence-electron chi connectivity index (χ0n) is 10.4. The molecule has 0 aromatic heterocycles. The van der Waals surface area contributed by atoms with Gasteiger partial charge in [0.25, 0.3) is 0 Å². The Morgan fingerprint density at radius 2 is 2.18 bits per heavy atom. The smallest absolute Gasteiger partial charge is 0.339 e. The molecule has 1 atom stereocenters. The van der Waals surface area contributed by atoms with Gasteiger partial charge in [-0.2, -0.15) is 0 Å². The Balaban J connectivity index is 1.98. The van der Waals surface area contributed by atoms with Gasteiger partial charge >= 0.3 is 5.97 Å². The quantitative estimate of drug-likeness (QED) is 0.653. The largest absolute Gasteiger partial charge is 0.467 e. The second-order valence-electron chi connectivity index (χ2n) is 5.08. The van der Waals surface area contributed by atoms with E-state index in [9.17, 15) is 9.90 Å². The van der Waals surface area contributed by atoms with Crippen molar-refractivity contribution < 1.29 is 14.6 Å². The first-order valence-corrected chi connectivity index (χ1v) is 6.41. The van der Waals surface area contributed by atoms with Gasteiger partial charge in [0.1, 0.15) is 0 Å². The number of hydrogen-bond donors (Lipinski definition) is 2. The van der Waals surface area contributed by atoms with E-state index in [0.717, 1.165) is 38.9 Å². The van der Waals surface area contributed by atoms with E-state index in [1.807, 2.05) is 0 Å². The minimum Gasteiger partial charge on any atom is -0.467 e. The molecule has 1 unspecified atom stereocenters. The molecule has 2 rings (SSSR count). The van der Waals surface area contributed by atoms with Crippen molar-refractivity contribution in [2.24, 2.45) is 0 Å². The Hall–Kier alpha value is -0.650. The number of nitrogens with zero attached hydrogens (tertiary/aromatic N) is 1. The van der Waals surface area contributed by atoms with Gasteiger partial charge in [-0.1, -0.05) is 0 Å². The third-order valence-corrected chi connectivity index (χ3v) is 3.89. The minimum absolute atomic E-state index is 0.421. The van der Waals surface area contributed by atoms with Gasteiger partial charge in [-0.3, -0.25) is 4.90 Å². The van der Waals surface area contributed by atoms with Crippen LogP contribution in [-0.2, 0) is 9.53 Å². The van der Waals surface area contributed by atoms with Crippen molar-refractivity contribution in [2.45, 2.75) is 37.3 Å². The molecule has 0 spiro atoms. The van der Waals surface area contributed by atoms with Crippen LogP contribution in [0.15, 0.2) is 0 Å². The molecule has 2 fully saturated rings. The second kappa shape index (κ2) is 5.33. The summed E-state index contributed by atoms with van der Waals surface area (Å²) in [5.41, 5.74) is -1.29. The molecule has 98 valence electrons. The van der Waals surface area contributed by atoms with E-state index < -0.39 is 11.6 Å². The van der Waals surface area contributed by atoms with Crippen molar-refractivity contribution in [2.75, 3.05) is 33.3 Å². The van der Waals surface area contributed by atoms with Crippen LogP contribution in [-0.4, -0.2) is 60.9 Å². The lowest BCUT2D eigenvalue weighted by Crippen LogP contribution is -2.57. The van der Waals surface area contributed by atoms with Gasteiger partial charge in [-0.15, -0.1) is 0 Å². The molecule has 2 heterocycles. The number of methoxy groups -OCH3 is 1. The lowest BCUT2D eigenvalue weighted by atomic mass is 9.90. The first kappa shape index (κ1) is 12.8. The monoisotopic (exact) mass is 242 g/mol. The first-order valence-electron chi connectivity index (χ1n) is 6.41. The normalized spacial score (nSPS) is 32.4. The Labute approximate surface area is 102 Å². The summed E-state index contributed by atoms with van der Waals surface area (Å²) in [6, 6.07) is 0.493. The van der Waals surface area contributed by atoms with Crippen LogP contribution in [0.3, 0.4) is 0 Å². The molecule has 0 aliphatic carbocycles. The molecule has 2 N–H and O–H groups in total. The summed E-state index contributed by atoms with van der Waals surface area (Å²) in [5, 5.41) is 13.6. The maximum absolute atomic E-state index is 11.6. The molecule has 0 aromatic rings. The van der Waals surface area contributed by atoms with Crippen LogP contribution in [0.5, 0.6) is 0 Å². The summed E-state index contributed by atoms with van der Waals surface area (Å²) in [4.78, 5) is 13.9. The fourth-order valence-corrected chi connectivity index (χ4v) is 2.91. The molecule has 0 saturated carbocycles. The average molecular weight is 242 g/mol. The number of likely N-dealkylation sites (tertiary alicyclic amines) is 1. The number of piperidine rings is 2. The Kier molecular flexibility index (Phi) is 4.01. The highest BCUT2D eigenvalue weighted by Crippen LogP contribution is 2.26. The van der Waals surface area contributed by atoms with E-state index in [2.05, 4.69) is 10.2 Å². The summed E-state index contributed by atoms with van der Waals surface area (Å²) in [6.07, 6.45) is 3.56. The Morgan fingerprint density at radius 3 is 2.82 bits per heavy atom. The number of esters is 1. The van der Waals surface area contributed by atoms with Crippen molar-refractivity contribution in [1.82, 2.24) is 10.2 Å². The molecule has 2 saturated heterocycles. The summed E-state index contributed by atoms with van der Waals surface area (Å²) in [5.74, 6) is -0.490. The van der Waals surface area contributed by atoms with Crippen molar-refractivity contribution in [1.29, 1.82) is 0 Å².